The molecule has 0 saturated heterocycles. The Hall–Kier alpha value is -0.580. The lowest BCUT2D eigenvalue weighted by Crippen LogP contribution is -2.32. The van der Waals surface area contributed by atoms with Crippen LogP contribution in [0.25, 0.3) is 0 Å². The summed E-state index contributed by atoms with van der Waals surface area (Å²) < 4.78 is 6.98. The average molecular weight is 356 g/mol. The van der Waals surface area contributed by atoms with Gasteiger partial charge in [-0.1, -0.05) is 41.8 Å². The van der Waals surface area contributed by atoms with E-state index < -0.39 is 6.10 Å². The van der Waals surface area contributed by atoms with Gasteiger partial charge >= 0.3 is 0 Å². The third kappa shape index (κ3) is 4.97. The maximum Gasteiger partial charge on any atom is 0.0945 e. The molecule has 1 aromatic rings. The molecule has 0 aliphatic heterocycles. The smallest absolute Gasteiger partial charge is 0.0945 e. The van der Waals surface area contributed by atoms with Crippen molar-refractivity contribution < 1.29 is 9.84 Å². The quantitative estimate of drug-likeness (QED) is 0.806. The SMILES string of the molecule is Cc1c(Br)cccc1NCC(O)COC1CCCCC1C. The summed E-state index contributed by atoms with van der Waals surface area (Å²) in [6.07, 6.45) is 4.79. The second kappa shape index (κ2) is 8.16. The molecule has 3 nitrogen and oxygen atoms in total. The van der Waals surface area contributed by atoms with E-state index in [-0.39, 0.29) is 0 Å². The van der Waals surface area contributed by atoms with Crippen LogP contribution in [0.15, 0.2) is 22.7 Å². The first-order chi connectivity index (χ1) is 10.1. The maximum atomic E-state index is 10.1. The molecule has 1 fully saturated rings. The highest BCUT2D eigenvalue weighted by Gasteiger charge is 2.22. The highest BCUT2D eigenvalue weighted by molar-refractivity contribution is 9.10. The highest BCUT2D eigenvalue weighted by Crippen LogP contribution is 2.26. The van der Waals surface area contributed by atoms with E-state index in [1.54, 1.807) is 0 Å². The first kappa shape index (κ1) is 16.8. The maximum absolute atomic E-state index is 10.1. The zero-order chi connectivity index (χ0) is 15.2. The van der Waals surface area contributed by atoms with Crippen LogP contribution in [-0.4, -0.2) is 30.5 Å². The third-order valence-electron chi connectivity index (χ3n) is 4.33. The zero-order valence-corrected chi connectivity index (χ0v) is 14.5. The molecule has 2 N–H and O–H groups in total. The molecule has 0 radical (unpaired) electrons. The molecule has 1 saturated carbocycles. The van der Waals surface area contributed by atoms with Gasteiger partial charge < -0.3 is 15.2 Å². The number of aliphatic hydroxyl groups excluding tert-OH is 1. The van der Waals surface area contributed by atoms with E-state index >= 15 is 0 Å². The van der Waals surface area contributed by atoms with Crippen molar-refractivity contribution in [3.63, 3.8) is 0 Å². The number of rotatable bonds is 6. The Morgan fingerprint density at radius 3 is 2.90 bits per heavy atom. The summed E-state index contributed by atoms with van der Waals surface area (Å²) in [5.74, 6) is 0.617. The van der Waals surface area contributed by atoms with Gasteiger partial charge in [-0.2, -0.15) is 0 Å². The molecule has 118 valence electrons. The van der Waals surface area contributed by atoms with E-state index in [1.165, 1.54) is 19.3 Å². The number of benzene rings is 1. The second-order valence-electron chi connectivity index (χ2n) is 6.08. The van der Waals surface area contributed by atoms with Crippen LogP contribution in [0.3, 0.4) is 0 Å². The van der Waals surface area contributed by atoms with E-state index in [9.17, 15) is 5.11 Å². The van der Waals surface area contributed by atoms with Crippen molar-refractivity contribution in [2.45, 2.75) is 51.7 Å². The molecule has 0 bridgehead atoms. The predicted octanol–water partition coefficient (Wildman–Crippen LogP) is 4.13. The standard InChI is InChI=1S/C17H26BrNO2/c1-12-6-3-4-9-17(12)21-11-14(20)10-19-16-8-5-7-15(18)13(16)2/h5,7-8,12,14,17,19-20H,3-4,6,9-11H2,1-2H3. The Morgan fingerprint density at radius 1 is 1.38 bits per heavy atom. The van der Waals surface area contributed by atoms with Gasteiger partial charge in [-0.3, -0.25) is 0 Å². The molecule has 21 heavy (non-hydrogen) atoms. The van der Waals surface area contributed by atoms with Crippen LogP contribution in [0, 0.1) is 12.8 Å². The molecular weight excluding hydrogens is 330 g/mol. The topological polar surface area (TPSA) is 41.5 Å². The number of halogens is 1. The van der Waals surface area contributed by atoms with Gasteiger partial charge in [0.25, 0.3) is 0 Å². The fourth-order valence-electron chi connectivity index (χ4n) is 2.85. The lowest BCUT2D eigenvalue weighted by atomic mass is 9.88. The van der Waals surface area contributed by atoms with Crippen LogP contribution in [0.1, 0.15) is 38.2 Å². The van der Waals surface area contributed by atoms with Crippen LogP contribution < -0.4 is 5.32 Å². The number of ether oxygens (including phenoxy) is 1. The third-order valence-corrected chi connectivity index (χ3v) is 5.19. The van der Waals surface area contributed by atoms with Crippen LogP contribution in [0.5, 0.6) is 0 Å². The van der Waals surface area contributed by atoms with Crippen molar-refractivity contribution in [1.82, 2.24) is 0 Å². The molecule has 1 aliphatic carbocycles. The summed E-state index contributed by atoms with van der Waals surface area (Å²) in [5.41, 5.74) is 2.21. The van der Waals surface area contributed by atoms with E-state index in [0.717, 1.165) is 22.1 Å². The minimum Gasteiger partial charge on any atom is -0.389 e. The van der Waals surface area contributed by atoms with Crippen molar-refractivity contribution in [2.75, 3.05) is 18.5 Å². The summed E-state index contributed by atoms with van der Waals surface area (Å²) in [4.78, 5) is 0. The van der Waals surface area contributed by atoms with Crippen molar-refractivity contribution in [3.8, 4) is 0 Å². The Bertz CT molecular complexity index is 452. The number of hydrogen-bond acceptors (Lipinski definition) is 3. The molecule has 4 heteroatoms. The summed E-state index contributed by atoms with van der Waals surface area (Å²) >= 11 is 3.52. The fraction of sp³-hybridized carbons (Fsp3) is 0.647. The summed E-state index contributed by atoms with van der Waals surface area (Å²) in [6.45, 7) is 5.23. The monoisotopic (exact) mass is 355 g/mol. The van der Waals surface area contributed by atoms with Gasteiger partial charge in [0.1, 0.15) is 0 Å². The van der Waals surface area contributed by atoms with Crippen molar-refractivity contribution in [1.29, 1.82) is 0 Å². The minimum atomic E-state index is -0.475. The first-order valence-electron chi connectivity index (χ1n) is 7.86. The van der Waals surface area contributed by atoms with Gasteiger partial charge in [-0.25, -0.2) is 0 Å². The van der Waals surface area contributed by atoms with E-state index in [2.05, 4.69) is 35.1 Å². The molecule has 0 amide bonds. The fourth-order valence-corrected chi connectivity index (χ4v) is 3.22. The van der Waals surface area contributed by atoms with Crippen molar-refractivity contribution in [3.05, 3.63) is 28.2 Å². The summed E-state index contributed by atoms with van der Waals surface area (Å²) in [7, 11) is 0. The Balaban J connectivity index is 1.74. The molecule has 1 aliphatic rings. The van der Waals surface area contributed by atoms with Crippen LogP contribution in [0.4, 0.5) is 5.69 Å². The first-order valence-corrected chi connectivity index (χ1v) is 8.66. The largest absolute Gasteiger partial charge is 0.389 e. The molecular formula is C17H26BrNO2. The Kier molecular flexibility index (Phi) is 6.52. The number of nitrogens with one attached hydrogen (secondary N) is 1. The minimum absolute atomic E-state index is 0.320. The number of hydrogen-bond donors (Lipinski definition) is 2. The lowest BCUT2D eigenvalue weighted by molar-refractivity contribution is -0.0424. The molecule has 3 atom stereocenters. The van der Waals surface area contributed by atoms with Gasteiger partial charge in [0.15, 0.2) is 0 Å². The average Bonchev–Trinajstić information content (AvgIpc) is 2.48. The Labute approximate surface area is 136 Å². The number of aliphatic hydroxyl groups is 1. The molecule has 0 heterocycles. The lowest BCUT2D eigenvalue weighted by Gasteiger charge is -2.29. The predicted molar refractivity (Wildman–Crippen MR) is 90.7 cm³/mol. The Morgan fingerprint density at radius 2 is 2.14 bits per heavy atom. The highest BCUT2D eigenvalue weighted by atomic mass is 79.9. The van der Waals surface area contributed by atoms with Gasteiger partial charge in [-0.15, -0.1) is 0 Å². The van der Waals surface area contributed by atoms with Crippen LogP contribution in [0.2, 0.25) is 0 Å². The van der Waals surface area contributed by atoms with Crippen molar-refractivity contribution >= 4 is 21.6 Å². The summed E-state index contributed by atoms with van der Waals surface area (Å²) in [5, 5.41) is 13.4. The van der Waals surface area contributed by atoms with Gasteiger partial charge in [0.2, 0.25) is 0 Å². The molecule has 0 spiro atoms. The van der Waals surface area contributed by atoms with Crippen molar-refractivity contribution in [2.24, 2.45) is 5.92 Å². The second-order valence-corrected chi connectivity index (χ2v) is 6.93. The molecule has 0 aromatic heterocycles. The molecule has 1 aromatic carbocycles. The summed E-state index contributed by atoms with van der Waals surface area (Å²) in [6, 6.07) is 6.04. The van der Waals surface area contributed by atoms with Gasteiger partial charge in [0.05, 0.1) is 18.8 Å². The molecule has 3 unspecified atom stereocenters. The number of anilines is 1. The van der Waals surface area contributed by atoms with Crippen LogP contribution in [-0.2, 0) is 4.74 Å². The zero-order valence-electron chi connectivity index (χ0n) is 12.9. The van der Waals surface area contributed by atoms with Crippen LogP contribution >= 0.6 is 15.9 Å². The van der Waals surface area contributed by atoms with E-state index in [4.69, 9.17) is 4.74 Å². The van der Waals surface area contributed by atoms with Gasteiger partial charge in [0, 0.05) is 16.7 Å². The van der Waals surface area contributed by atoms with E-state index in [0.29, 0.717) is 25.2 Å². The van der Waals surface area contributed by atoms with E-state index in [1.807, 2.05) is 18.2 Å². The molecule has 2 rings (SSSR count). The van der Waals surface area contributed by atoms with Gasteiger partial charge in [-0.05, 0) is 43.4 Å². The normalized spacial score (nSPS) is 23.8.